The third kappa shape index (κ3) is 3.81. The average Bonchev–Trinajstić information content (AvgIpc) is 3.67. The summed E-state index contributed by atoms with van der Waals surface area (Å²) in [5, 5.41) is 19.0. The van der Waals surface area contributed by atoms with Gasteiger partial charge in [-0.2, -0.15) is 5.26 Å². The minimum atomic E-state index is 0.677. The van der Waals surface area contributed by atoms with Gasteiger partial charge in [0.2, 0.25) is 0 Å². The average molecular weight is 610 g/mol. The van der Waals surface area contributed by atoms with E-state index in [4.69, 9.17) is 0 Å². The van der Waals surface area contributed by atoms with E-state index in [2.05, 4.69) is 167 Å². The van der Waals surface area contributed by atoms with E-state index >= 15 is 0 Å². The molecule has 0 N–H and O–H groups in total. The highest BCUT2D eigenvalue weighted by molar-refractivity contribution is 6.17. The highest BCUT2D eigenvalue weighted by atomic mass is 15.0. The van der Waals surface area contributed by atoms with Crippen LogP contribution in [0.3, 0.4) is 0 Å². The maximum atomic E-state index is 9.47. The molecule has 2 heterocycles. The van der Waals surface area contributed by atoms with E-state index in [1.165, 1.54) is 65.5 Å². The first-order valence-electron chi connectivity index (χ1n) is 16.2. The second-order valence-corrected chi connectivity index (χ2v) is 12.5. The lowest BCUT2D eigenvalue weighted by atomic mass is 9.98. The van der Waals surface area contributed by atoms with Gasteiger partial charge in [0.15, 0.2) is 0 Å². The molecule has 0 saturated heterocycles. The van der Waals surface area contributed by atoms with E-state index < -0.39 is 0 Å². The fourth-order valence-corrected chi connectivity index (χ4v) is 7.79. The summed E-state index contributed by atoms with van der Waals surface area (Å²) in [4.78, 5) is 0. The Morgan fingerprint density at radius 3 is 1.94 bits per heavy atom. The van der Waals surface area contributed by atoms with Gasteiger partial charge in [0.1, 0.15) is 0 Å². The van der Waals surface area contributed by atoms with Gasteiger partial charge in [-0.3, -0.25) is 0 Å². The molecule has 0 atom stereocenters. The Balaban J connectivity index is 1.21. The van der Waals surface area contributed by atoms with Crippen molar-refractivity contribution >= 4 is 65.2 Å². The summed E-state index contributed by atoms with van der Waals surface area (Å²) in [5.74, 6) is 0. The second kappa shape index (κ2) is 10.2. The van der Waals surface area contributed by atoms with E-state index in [1.54, 1.807) is 0 Å². The van der Waals surface area contributed by atoms with Crippen LogP contribution in [0.5, 0.6) is 0 Å². The first-order valence-corrected chi connectivity index (χ1v) is 16.2. The molecule has 10 rings (SSSR count). The second-order valence-electron chi connectivity index (χ2n) is 12.5. The first-order chi connectivity index (χ1) is 23.8. The summed E-state index contributed by atoms with van der Waals surface area (Å²) in [5.41, 5.74) is 10.1. The summed E-state index contributed by atoms with van der Waals surface area (Å²) >= 11 is 0. The molecule has 222 valence electrons. The van der Waals surface area contributed by atoms with Gasteiger partial charge in [-0.15, -0.1) is 0 Å². The van der Waals surface area contributed by atoms with Crippen molar-refractivity contribution in [2.75, 3.05) is 0 Å². The number of hydrogen-bond acceptors (Lipinski definition) is 1. The monoisotopic (exact) mass is 609 g/mol. The van der Waals surface area contributed by atoms with E-state index in [0.29, 0.717) is 5.56 Å². The lowest BCUT2D eigenvalue weighted by Crippen LogP contribution is -1.94. The molecule has 3 heteroatoms. The lowest BCUT2D eigenvalue weighted by Gasteiger charge is -2.12. The zero-order valence-corrected chi connectivity index (χ0v) is 25.9. The summed E-state index contributed by atoms with van der Waals surface area (Å²) in [6.07, 6.45) is 0. The van der Waals surface area contributed by atoms with Crippen LogP contribution in [-0.2, 0) is 0 Å². The number of fused-ring (bicyclic) bond motifs is 9. The van der Waals surface area contributed by atoms with Gasteiger partial charge in [-0.05, 0) is 99.4 Å². The van der Waals surface area contributed by atoms with E-state index in [-0.39, 0.29) is 0 Å². The van der Waals surface area contributed by atoms with Crippen LogP contribution in [0.1, 0.15) is 5.56 Å². The number of nitrogens with zero attached hydrogens (tertiary/aromatic N) is 3. The van der Waals surface area contributed by atoms with E-state index in [1.807, 2.05) is 12.1 Å². The normalized spacial score (nSPS) is 11.7. The van der Waals surface area contributed by atoms with Crippen molar-refractivity contribution in [3.05, 3.63) is 169 Å². The van der Waals surface area contributed by atoms with Crippen LogP contribution in [0.4, 0.5) is 0 Å². The molecule has 0 aliphatic carbocycles. The molecule has 0 bridgehead atoms. The predicted octanol–water partition coefficient (Wildman–Crippen LogP) is 11.7. The van der Waals surface area contributed by atoms with Gasteiger partial charge in [-0.1, -0.05) is 97.1 Å². The van der Waals surface area contributed by atoms with Crippen molar-refractivity contribution in [3.63, 3.8) is 0 Å². The Kier molecular flexibility index (Phi) is 5.64. The molecule has 48 heavy (non-hydrogen) atoms. The summed E-state index contributed by atoms with van der Waals surface area (Å²) in [6, 6.07) is 60.9. The van der Waals surface area contributed by atoms with Gasteiger partial charge < -0.3 is 9.13 Å². The van der Waals surface area contributed by atoms with Crippen molar-refractivity contribution in [1.82, 2.24) is 9.13 Å². The lowest BCUT2D eigenvalue weighted by molar-refractivity contribution is 1.18. The minimum Gasteiger partial charge on any atom is -0.309 e. The Bertz CT molecular complexity index is 2950. The standard InChI is InChI=1S/C45H27N3/c46-28-29-17-23-35-31(25-29)19-18-30-20-22-34(27-39(30)35)48-41-14-6-4-11-37(41)40-26-32(21-24-43(40)48)36-13-8-16-44-45(36)38-12-5-7-15-42(38)47(44)33-9-2-1-3-10-33/h1-27H. The maximum absolute atomic E-state index is 9.47. The predicted molar refractivity (Wildman–Crippen MR) is 200 cm³/mol. The van der Waals surface area contributed by atoms with Gasteiger partial charge in [-0.25, -0.2) is 0 Å². The minimum absolute atomic E-state index is 0.677. The van der Waals surface area contributed by atoms with Gasteiger partial charge >= 0.3 is 0 Å². The van der Waals surface area contributed by atoms with Gasteiger partial charge in [0.25, 0.3) is 0 Å². The number of para-hydroxylation sites is 3. The summed E-state index contributed by atoms with van der Waals surface area (Å²) < 4.78 is 4.77. The maximum Gasteiger partial charge on any atom is 0.0991 e. The number of benzene rings is 8. The highest BCUT2D eigenvalue weighted by Gasteiger charge is 2.18. The Morgan fingerprint density at radius 1 is 0.396 bits per heavy atom. The third-order valence-corrected chi connectivity index (χ3v) is 9.90. The first kappa shape index (κ1) is 26.6. The Morgan fingerprint density at radius 2 is 1.08 bits per heavy atom. The van der Waals surface area contributed by atoms with Crippen LogP contribution in [0, 0.1) is 11.3 Å². The number of aromatic nitrogens is 2. The number of rotatable bonds is 3. The largest absolute Gasteiger partial charge is 0.309 e. The van der Waals surface area contributed by atoms with Crippen LogP contribution < -0.4 is 0 Å². The molecule has 10 aromatic rings. The summed E-state index contributed by atoms with van der Waals surface area (Å²) in [6.45, 7) is 0. The zero-order valence-electron chi connectivity index (χ0n) is 25.9. The molecule has 3 nitrogen and oxygen atoms in total. The van der Waals surface area contributed by atoms with Crippen LogP contribution in [0.2, 0.25) is 0 Å². The van der Waals surface area contributed by atoms with E-state index in [9.17, 15) is 5.26 Å². The molecule has 0 saturated carbocycles. The van der Waals surface area contributed by atoms with Crippen molar-refractivity contribution in [1.29, 1.82) is 5.26 Å². The van der Waals surface area contributed by atoms with Crippen LogP contribution in [0.25, 0.3) is 87.7 Å². The Labute approximate surface area is 276 Å². The fourth-order valence-electron chi connectivity index (χ4n) is 7.79. The highest BCUT2D eigenvalue weighted by Crippen LogP contribution is 2.41. The molecule has 0 spiro atoms. The zero-order chi connectivity index (χ0) is 31.8. The van der Waals surface area contributed by atoms with Gasteiger partial charge in [0, 0.05) is 32.9 Å². The molecular formula is C45H27N3. The molecule has 2 aromatic heterocycles. The number of nitriles is 1. The molecular weight excluding hydrogens is 583 g/mol. The molecule has 0 amide bonds. The molecule has 0 fully saturated rings. The third-order valence-electron chi connectivity index (χ3n) is 9.90. The summed E-state index contributed by atoms with van der Waals surface area (Å²) in [7, 11) is 0. The van der Waals surface area contributed by atoms with Gasteiger partial charge in [0.05, 0.1) is 33.7 Å². The number of hydrogen-bond donors (Lipinski definition) is 0. The SMILES string of the molecule is N#Cc1ccc2c(ccc3ccc(-n4c5ccccc5c5cc(-c6cccc7c6c6ccccc6n7-c6ccccc6)ccc54)cc32)c1. The van der Waals surface area contributed by atoms with Crippen molar-refractivity contribution in [2.45, 2.75) is 0 Å². The van der Waals surface area contributed by atoms with Crippen LogP contribution in [0.15, 0.2) is 164 Å². The topological polar surface area (TPSA) is 33.6 Å². The van der Waals surface area contributed by atoms with Crippen molar-refractivity contribution in [3.8, 4) is 28.6 Å². The quantitative estimate of drug-likeness (QED) is 0.183. The van der Waals surface area contributed by atoms with E-state index in [0.717, 1.165) is 22.1 Å². The molecule has 0 aliphatic heterocycles. The molecule has 8 aromatic carbocycles. The molecule has 0 aliphatic rings. The smallest absolute Gasteiger partial charge is 0.0991 e. The Hall–Kier alpha value is -6.63. The fraction of sp³-hybridized carbons (Fsp3) is 0. The van der Waals surface area contributed by atoms with Crippen LogP contribution in [-0.4, -0.2) is 9.13 Å². The molecule has 0 radical (unpaired) electrons. The van der Waals surface area contributed by atoms with Crippen molar-refractivity contribution < 1.29 is 0 Å². The molecule has 0 unspecified atom stereocenters. The van der Waals surface area contributed by atoms with Crippen molar-refractivity contribution in [2.24, 2.45) is 0 Å². The van der Waals surface area contributed by atoms with Crippen LogP contribution >= 0.6 is 0 Å².